The van der Waals surface area contributed by atoms with Gasteiger partial charge in [-0.3, -0.25) is 4.79 Å². The van der Waals surface area contributed by atoms with E-state index in [1.807, 2.05) is 72.8 Å². The molecule has 1 aromatic heterocycles. The van der Waals surface area contributed by atoms with Crippen molar-refractivity contribution in [1.29, 1.82) is 0 Å². The van der Waals surface area contributed by atoms with Crippen molar-refractivity contribution in [1.82, 2.24) is 9.55 Å². The third-order valence-electron chi connectivity index (χ3n) is 6.24. The molecule has 2 aliphatic heterocycles. The molecule has 0 spiro atoms. The summed E-state index contributed by atoms with van der Waals surface area (Å²) >= 11 is 0. The number of ether oxygens (including phenoxy) is 4. The minimum absolute atomic E-state index is 0.180. The average molecular weight is 456 g/mol. The summed E-state index contributed by atoms with van der Waals surface area (Å²) in [4.78, 5) is 17.8. The SMILES string of the molecule is O=c1c2ccccc2nc2n1[C@@H]1O[C@H](COCc3ccccc3)[C@@H](OCc3ccccc3)[C@@H]1O2. The van der Waals surface area contributed by atoms with Gasteiger partial charge in [0.25, 0.3) is 5.56 Å². The number of para-hydroxylation sites is 1. The van der Waals surface area contributed by atoms with E-state index in [9.17, 15) is 4.79 Å². The van der Waals surface area contributed by atoms with Crippen LogP contribution < -0.4 is 10.3 Å². The molecule has 0 N–H and O–H groups in total. The Morgan fingerprint density at radius 1 is 0.853 bits per heavy atom. The molecular weight excluding hydrogens is 432 g/mol. The zero-order chi connectivity index (χ0) is 22.9. The molecule has 0 amide bonds. The van der Waals surface area contributed by atoms with Crippen LogP contribution in [-0.2, 0) is 27.4 Å². The van der Waals surface area contributed by atoms with E-state index in [1.165, 1.54) is 4.57 Å². The molecule has 7 nitrogen and oxygen atoms in total. The predicted molar refractivity (Wildman–Crippen MR) is 125 cm³/mol. The molecule has 3 aromatic carbocycles. The van der Waals surface area contributed by atoms with Crippen LogP contribution in [0, 0.1) is 0 Å². The first-order valence-corrected chi connectivity index (χ1v) is 11.4. The van der Waals surface area contributed by atoms with E-state index in [1.54, 1.807) is 12.1 Å². The van der Waals surface area contributed by atoms with Crippen molar-refractivity contribution in [2.75, 3.05) is 6.61 Å². The standard InChI is InChI=1S/C27H24N2O5/c30-25-20-13-7-8-14-21(20)28-27-29(25)26-24(34-27)23(32-16-19-11-5-2-6-12-19)22(33-26)17-31-15-18-9-3-1-4-10-18/h1-14,22-24,26H,15-17H2/t22-,23-,24+,26-/m1/s1. The van der Waals surface area contributed by atoms with Gasteiger partial charge in [0.1, 0.15) is 12.2 Å². The van der Waals surface area contributed by atoms with E-state index < -0.39 is 24.5 Å². The Bertz CT molecular complexity index is 1340. The maximum absolute atomic E-state index is 13.2. The summed E-state index contributed by atoms with van der Waals surface area (Å²) in [6, 6.07) is 27.4. The van der Waals surface area contributed by atoms with E-state index in [4.69, 9.17) is 18.9 Å². The van der Waals surface area contributed by atoms with Crippen molar-refractivity contribution >= 4 is 10.9 Å². The van der Waals surface area contributed by atoms with E-state index in [0.717, 1.165) is 11.1 Å². The minimum Gasteiger partial charge on any atom is -0.453 e. The van der Waals surface area contributed by atoms with Crippen LogP contribution in [0.2, 0.25) is 0 Å². The number of benzene rings is 3. The summed E-state index contributed by atoms with van der Waals surface area (Å²) in [6.45, 7) is 1.18. The van der Waals surface area contributed by atoms with Gasteiger partial charge < -0.3 is 18.9 Å². The number of fused-ring (bicyclic) bond motifs is 4. The van der Waals surface area contributed by atoms with Crippen molar-refractivity contribution in [2.24, 2.45) is 0 Å². The first kappa shape index (κ1) is 21.0. The number of hydrogen-bond donors (Lipinski definition) is 0. The molecule has 7 heteroatoms. The number of rotatable bonds is 7. The summed E-state index contributed by atoms with van der Waals surface area (Å²) < 4.78 is 26.3. The van der Waals surface area contributed by atoms with Crippen LogP contribution in [0.1, 0.15) is 17.4 Å². The molecule has 0 saturated carbocycles. The minimum atomic E-state index is -0.620. The molecule has 1 saturated heterocycles. The fourth-order valence-electron chi connectivity index (χ4n) is 4.57. The Labute approximate surface area is 196 Å². The van der Waals surface area contributed by atoms with Crippen molar-refractivity contribution in [3.63, 3.8) is 0 Å². The topological polar surface area (TPSA) is 71.8 Å². The normalized spacial score (nSPS) is 22.9. The highest BCUT2D eigenvalue weighted by atomic mass is 16.6. The fourth-order valence-corrected chi connectivity index (χ4v) is 4.57. The lowest BCUT2D eigenvalue weighted by Gasteiger charge is -2.22. The monoisotopic (exact) mass is 456 g/mol. The van der Waals surface area contributed by atoms with E-state index in [2.05, 4.69) is 4.98 Å². The van der Waals surface area contributed by atoms with E-state index in [0.29, 0.717) is 30.7 Å². The first-order chi connectivity index (χ1) is 16.8. The van der Waals surface area contributed by atoms with Crippen LogP contribution >= 0.6 is 0 Å². The van der Waals surface area contributed by atoms with Crippen LogP contribution in [0.3, 0.4) is 0 Å². The summed E-state index contributed by atoms with van der Waals surface area (Å²) in [5, 5.41) is 0.532. The summed E-state index contributed by atoms with van der Waals surface area (Å²) in [5.41, 5.74) is 2.55. The van der Waals surface area contributed by atoms with E-state index >= 15 is 0 Å². The second kappa shape index (κ2) is 9.02. The van der Waals surface area contributed by atoms with Crippen LogP contribution in [0.4, 0.5) is 0 Å². The average Bonchev–Trinajstić information content (AvgIpc) is 3.39. The lowest BCUT2D eigenvalue weighted by molar-refractivity contribution is -0.0864. The molecule has 172 valence electrons. The molecule has 0 unspecified atom stereocenters. The van der Waals surface area contributed by atoms with Crippen LogP contribution in [-0.4, -0.2) is 34.5 Å². The number of hydrogen-bond acceptors (Lipinski definition) is 6. The van der Waals surface area contributed by atoms with Gasteiger partial charge in [-0.15, -0.1) is 0 Å². The second-order valence-electron chi connectivity index (χ2n) is 8.50. The predicted octanol–water partition coefficient (Wildman–Crippen LogP) is 3.86. The van der Waals surface area contributed by atoms with Gasteiger partial charge in [0, 0.05) is 0 Å². The van der Waals surface area contributed by atoms with Crippen molar-refractivity contribution in [3.05, 3.63) is 106 Å². The molecule has 4 aromatic rings. The van der Waals surface area contributed by atoms with Crippen molar-refractivity contribution in [2.45, 2.75) is 37.8 Å². The third-order valence-corrected chi connectivity index (χ3v) is 6.24. The Kier molecular flexibility index (Phi) is 5.58. The second-order valence-corrected chi connectivity index (χ2v) is 8.50. The van der Waals surface area contributed by atoms with Gasteiger partial charge in [-0.25, -0.2) is 4.57 Å². The number of nitrogens with zero attached hydrogens (tertiary/aromatic N) is 2. The maximum atomic E-state index is 13.2. The Balaban J connectivity index is 1.26. The van der Waals surface area contributed by atoms with Crippen molar-refractivity contribution < 1.29 is 18.9 Å². The van der Waals surface area contributed by atoms with Crippen LogP contribution in [0.15, 0.2) is 89.7 Å². The molecule has 3 heterocycles. The molecular formula is C27H24N2O5. The smallest absolute Gasteiger partial charge is 0.302 e. The number of aromatic nitrogens is 2. The Hall–Kier alpha value is -3.52. The molecule has 0 radical (unpaired) electrons. The van der Waals surface area contributed by atoms with Crippen molar-refractivity contribution in [3.8, 4) is 6.01 Å². The molecule has 0 bridgehead atoms. The van der Waals surface area contributed by atoms with Gasteiger partial charge >= 0.3 is 6.01 Å². The molecule has 2 aliphatic rings. The Morgan fingerprint density at radius 3 is 2.29 bits per heavy atom. The van der Waals surface area contributed by atoms with Crippen LogP contribution in [0.25, 0.3) is 10.9 Å². The molecule has 1 fully saturated rings. The van der Waals surface area contributed by atoms with Gasteiger partial charge in [0.05, 0.1) is 30.7 Å². The lowest BCUT2D eigenvalue weighted by Crippen LogP contribution is -2.38. The van der Waals surface area contributed by atoms with E-state index in [-0.39, 0.29) is 11.6 Å². The molecule has 6 rings (SSSR count). The van der Waals surface area contributed by atoms with Gasteiger partial charge in [0.15, 0.2) is 12.3 Å². The third kappa shape index (κ3) is 3.88. The molecule has 34 heavy (non-hydrogen) atoms. The highest BCUT2D eigenvalue weighted by molar-refractivity contribution is 5.77. The molecule has 0 aliphatic carbocycles. The zero-order valence-corrected chi connectivity index (χ0v) is 18.4. The first-order valence-electron chi connectivity index (χ1n) is 11.4. The van der Waals surface area contributed by atoms with Gasteiger partial charge in [0.2, 0.25) is 0 Å². The Morgan fingerprint density at radius 2 is 1.53 bits per heavy atom. The fraction of sp³-hybridized carbons (Fsp3) is 0.259. The summed E-state index contributed by atoms with van der Waals surface area (Å²) in [6.07, 6.45) is -1.93. The zero-order valence-electron chi connectivity index (χ0n) is 18.4. The summed E-state index contributed by atoms with van der Waals surface area (Å²) in [7, 11) is 0. The van der Waals surface area contributed by atoms with Gasteiger partial charge in [-0.1, -0.05) is 72.8 Å². The highest BCUT2D eigenvalue weighted by Crippen LogP contribution is 2.40. The lowest BCUT2D eigenvalue weighted by atomic mass is 10.1. The van der Waals surface area contributed by atoms with Gasteiger partial charge in [-0.05, 0) is 23.3 Å². The molecule has 4 atom stereocenters. The summed E-state index contributed by atoms with van der Waals surface area (Å²) in [5.74, 6) is 0. The largest absolute Gasteiger partial charge is 0.453 e. The van der Waals surface area contributed by atoms with Crippen LogP contribution in [0.5, 0.6) is 6.01 Å². The van der Waals surface area contributed by atoms with Gasteiger partial charge in [-0.2, -0.15) is 4.98 Å². The highest BCUT2D eigenvalue weighted by Gasteiger charge is 2.53. The maximum Gasteiger partial charge on any atom is 0.302 e. The quantitative estimate of drug-likeness (QED) is 0.421.